The molecule has 1 saturated carbocycles. The first-order chi connectivity index (χ1) is 11.1. The zero-order valence-corrected chi connectivity index (χ0v) is 13.9. The van der Waals surface area contributed by atoms with E-state index in [0.717, 1.165) is 43.2 Å². The van der Waals surface area contributed by atoms with Crippen molar-refractivity contribution in [2.45, 2.75) is 43.9 Å². The number of nitrogens with zero attached hydrogens (tertiary/aromatic N) is 3. The molecule has 0 bridgehead atoms. The Bertz CT molecular complexity index is 722. The Morgan fingerprint density at radius 2 is 2.00 bits per heavy atom. The Kier molecular flexibility index (Phi) is 5.07. The normalized spacial score (nSPS) is 16.5. The molecule has 0 radical (unpaired) electrons. The number of rotatable bonds is 6. The molecule has 0 atom stereocenters. The third-order valence-electron chi connectivity index (χ3n) is 4.26. The van der Waals surface area contributed by atoms with Gasteiger partial charge in [-0.3, -0.25) is 9.67 Å². The van der Waals surface area contributed by atoms with E-state index in [2.05, 4.69) is 14.8 Å². The van der Waals surface area contributed by atoms with Gasteiger partial charge in [0.05, 0.1) is 18.0 Å². The first kappa shape index (κ1) is 16.1. The molecule has 7 heteroatoms. The van der Waals surface area contributed by atoms with Gasteiger partial charge in [-0.2, -0.15) is 5.10 Å². The molecular formula is C16H22N4O2S. The second kappa shape index (κ2) is 7.23. The molecule has 0 amide bonds. The molecule has 2 aromatic rings. The van der Waals surface area contributed by atoms with Crippen LogP contribution in [-0.2, 0) is 16.6 Å². The van der Waals surface area contributed by atoms with Crippen LogP contribution in [0.25, 0.3) is 11.1 Å². The number of hydrogen-bond donors (Lipinski definition) is 1. The van der Waals surface area contributed by atoms with Crippen molar-refractivity contribution >= 4 is 10.0 Å². The van der Waals surface area contributed by atoms with Crippen LogP contribution in [-0.4, -0.2) is 35.0 Å². The van der Waals surface area contributed by atoms with Crippen molar-refractivity contribution in [2.24, 2.45) is 0 Å². The highest BCUT2D eigenvalue weighted by Gasteiger charge is 2.26. The molecular weight excluding hydrogens is 312 g/mol. The molecule has 0 saturated heterocycles. The molecule has 0 unspecified atom stereocenters. The van der Waals surface area contributed by atoms with Crippen molar-refractivity contribution in [2.75, 3.05) is 6.54 Å². The number of pyridine rings is 1. The minimum Gasteiger partial charge on any atom is -0.271 e. The average molecular weight is 334 g/mol. The number of aromatic nitrogens is 3. The van der Waals surface area contributed by atoms with Gasteiger partial charge in [0.25, 0.3) is 0 Å². The van der Waals surface area contributed by atoms with Crippen molar-refractivity contribution in [1.29, 1.82) is 0 Å². The largest absolute Gasteiger partial charge is 0.271 e. The lowest BCUT2D eigenvalue weighted by molar-refractivity contribution is 0.475. The molecule has 0 spiro atoms. The lowest BCUT2D eigenvalue weighted by atomic mass is 10.0. The third-order valence-corrected chi connectivity index (χ3v) is 6.22. The summed E-state index contributed by atoms with van der Waals surface area (Å²) in [5, 5.41) is 4.06. The van der Waals surface area contributed by atoms with Gasteiger partial charge in [-0.15, -0.1) is 0 Å². The smallest absolute Gasteiger partial charge is 0.214 e. The van der Waals surface area contributed by atoms with Crippen LogP contribution in [0, 0.1) is 0 Å². The maximum Gasteiger partial charge on any atom is 0.214 e. The second-order valence-electron chi connectivity index (χ2n) is 5.93. The van der Waals surface area contributed by atoms with Gasteiger partial charge in [0.15, 0.2) is 0 Å². The lowest BCUT2D eigenvalue weighted by Crippen LogP contribution is -2.37. The van der Waals surface area contributed by atoms with Gasteiger partial charge in [-0.25, -0.2) is 13.1 Å². The van der Waals surface area contributed by atoms with E-state index in [-0.39, 0.29) is 5.25 Å². The van der Waals surface area contributed by atoms with Crippen LogP contribution in [0.5, 0.6) is 0 Å². The predicted molar refractivity (Wildman–Crippen MR) is 89.3 cm³/mol. The summed E-state index contributed by atoms with van der Waals surface area (Å²) in [7, 11) is -3.20. The zero-order valence-electron chi connectivity index (χ0n) is 13.1. The maximum atomic E-state index is 12.3. The topological polar surface area (TPSA) is 76.9 Å². The van der Waals surface area contributed by atoms with Crippen molar-refractivity contribution in [3.63, 3.8) is 0 Å². The Balaban J connectivity index is 1.54. The van der Waals surface area contributed by atoms with Gasteiger partial charge in [0, 0.05) is 36.3 Å². The van der Waals surface area contributed by atoms with Crippen molar-refractivity contribution in [1.82, 2.24) is 19.5 Å². The zero-order chi connectivity index (χ0) is 16.1. The van der Waals surface area contributed by atoms with Gasteiger partial charge in [-0.1, -0.05) is 25.3 Å². The molecule has 124 valence electrons. The van der Waals surface area contributed by atoms with E-state index in [1.165, 1.54) is 0 Å². The van der Waals surface area contributed by atoms with E-state index in [4.69, 9.17) is 0 Å². The Morgan fingerprint density at radius 1 is 1.17 bits per heavy atom. The fourth-order valence-electron chi connectivity index (χ4n) is 2.96. The summed E-state index contributed by atoms with van der Waals surface area (Å²) in [5.41, 5.74) is 1.98. The van der Waals surface area contributed by atoms with E-state index in [1.807, 2.05) is 18.3 Å². The molecule has 2 aromatic heterocycles. The first-order valence-electron chi connectivity index (χ1n) is 8.06. The van der Waals surface area contributed by atoms with Gasteiger partial charge in [0.1, 0.15) is 0 Å². The molecule has 1 fully saturated rings. The maximum absolute atomic E-state index is 12.3. The highest BCUT2D eigenvalue weighted by Crippen LogP contribution is 2.23. The van der Waals surface area contributed by atoms with E-state index < -0.39 is 10.0 Å². The molecule has 0 aromatic carbocycles. The minimum atomic E-state index is -3.20. The van der Waals surface area contributed by atoms with Gasteiger partial charge in [0.2, 0.25) is 10.0 Å². The molecule has 23 heavy (non-hydrogen) atoms. The quantitative estimate of drug-likeness (QED) is 0.878. The average Bonchev–Trinajstić information content (AvgIpc) is 3.05. The van der Waals surface area contributed by atoms with Crippen LogP contribution in [0.15, 0.2) is 36.9 Å². The third kappa shape index (κ3) is 4.17. The Labute approximate surface area is 137 Å². The Morgan fingerprint density at radius 3 is 2.74 bits per heavy atom. The molecule has 2 heterocycles. The van der Waals surface area contributed by atoms with Crippen molar-refractivity contribution < 1.29 is 8.42 Å². The summed E-state index contributed by atoms with van der Waals surface area (Å²) >= 11 is 0. The van der Waals surface area contributed by atoms with E-state index in [1.54, 1.807) is 23.3 Å². The Hall–Kier alpha value is -1.73. The van der Waals surface area contributed by atoms with Crippen LogP contribution in [0.3, 0.4) is 0 Å². The molecule has 0 aliphatic heterocycles. The van der Waals surface area contributed by atoms with Crippen LogP contribution < -0.4 is 4.72 Å². The molecule has 1 aliphatic carbocycles. The lowest BCUT2D eigenvalue weighted by Gasteiger charge is -2.21. The fourth-order valence-corrected chi connectivity index (χ4v) is 4.53. The van der Waals surface area contributed by atoms with Crippen LogP contribution in [0.2, 0.25) is 0 Å². The van der Waals surface area contributed by atoms with Crippen molar-refractivity contribution in [3.8, 4) is 11.1 Å². The summed E-state index contributed by atoms with van der Waals surface area (Å²) in [4.78, 5) is 4.09. The second-order valence-corrected chi connectivity index (χ2v) is 7.98. The highest BCUT2D eigenvalue weighted by molar-refractivity contribution is 7.90. The predicted octanol–water partition coefficient (Wildman–Crippen LogP) is 2.20. The first-order valence-corrected chi connectivity index (χ1v) is 9.61. The van der Waals surface area contributed by atoms with Crippen molar-refractivity contribution in [3.05, 3.63) is 36.9 Å². The van der Waals surface area contributed by atoms with Gasteiger partial charge < -0.3 is 0 Å². The number of sulfonamides is 1. The van der Waals surface area contributed by atoms with Crippen LogP contribution in [0.4, 0.5) is 0 Å². The standard InChI is InChI=1S/C16H22N4O2S/c21-23(22,16-6-2-1-3-7-16)19-9-10-20-13-15(12-18-20)14-5-4-8-17-11-14/h4-5,8,11-13,16,19H,1-3,6-7,9-10H2. The number of nitrogens with one attached hydrogen (secondary N) is 1. The summed E-state index contributed by atoms with van der Waals surface area (Å²) in [6.07, 6.45) is 11.9. The van der Waals surface area contributed by atoms with E-state index in [9.17, 15) is 8.42 Å². The summed E-state index contributed by atoms with van der Waals surface area (Å²) in [6.45, 7) is 0.888. The highest BCUT2D eigenvalue weighted by atomic mass is 32.2. The van der Waals surface area contributed by atoms with Crippen LogP contribution in [0.1, 0.15) is 32.1 Å². The van der Waals surface area contributed by atoms with Gasteiger partial charge >= 0.3 is 0 Å². The van der Waals surface area contributed by atoms with E-state index >= 15 is 0 Å². The molecule has 1 N–H and O–H groups in total. The summed E-state index contributed by atoms with van der Waals surface area (Å²) < 4.78 is 29.0. The summed E-state index contributed by atoms with van der Waals surface area (Å²) in [5.74, 6) is 0. The molecule has 6 nitrogen and oxygen atoms in total. The SMILES string of the molecule is O=S(=O)(NCCn1cc(-c2cccnc2)cn1)C1CCCCC1. The minimum absolute atomic E-state index is 0.222. The number of hydrogen-bond acceptors (Lipinski definition) is 4. The van der Waals surface area contributed by atoms with Crippen LogP contribution >= 0.6 is 0 Å². The summed E-state index contributed by atoms with van der Waals surface area (Å²) in [6, 6.07) is 3.85. The van der Waals surface area contributed by atoms with Gasteiger partial charge in [-0.05, 0) is 18.9 Å². The molecule has 3 rings (SSSR count). The molecule has 1 aliphatic rings. The monoisotopic (exact) mass is 334 g/mol. The fraction of sp³-hybridized carbons (Fsp3) is 0.500. The van der Waals surface area contributed by atoms with E-state index in [0.29, 0.717) is 13.1 Å².